The number of pyridine rings is 8. The summed E-state index contributed by atoms with van der Waals surface area (Å²) in [6, 6.07) is 133. The average Bonchev–Trinajstić information content (AvgIpc) is 1.58. The van der Waals surface area contributed by atoms with E-state index in [1.54, 1.807) is 110 Å². The SMILES string of the molecule is [2H]c1ccc(P2(=O)c3[c-]c(-c4[c-]c(Oc5ccccn5)ccc4)ccc3-c3ccccc32)nc1.[2H]c1cccc(P2(=O)c3[c-]c(-c4[c-]c(Oc5ccccn5)ccc4)ccc3-c3ccccc32)n1.[2H]c1cccnc1P1(=O)c2[c-]c(-c3[c-]c(Oc4ccccn4)ccc3)ccc2-c2ccccc21.[2H]c1ccnc(P2(=O)c3[c-]c(-c4[c-]c(Oc5ccccn5)ccc4)ccc3-c3ccccc32)c1.[Pt+2].[Pt+2].[Pt+2].[Pt+2]. The molecule has 12 aromatic carbocycles. The summed E-state index contributed by atoms with van der Waals surface area (Å²) in [5.74, 6) is 4.04. The Bertz CT molecular complexity index is 8030. The van der Waals surface area contributed by atoms with E-state index in [9.17, 15) is 18.3 Å². The molecule has 0 bridgehead atoms. The van der Waals surface area contributed by atoms with Crippen LogP contribution in [0.2, 0.25) is 0 Å². The first-order chi connectivity index (χ1) is 66.5. The maximum absolute atomic E-state index is 14.7. The average molecular weight is 2560 g/mol. The third-order valence-electron chi connectivity index (χ3n) is 22.4. The number of ether oxygens (including phenoxy) is 4. The monoisotopic (exact) mass is 2560 g/mol. The Labute approximate surface area is 849 Å². The summed E-state index contributed by atoms with van der Waals surface area (Å²) < 4.78 is 114. The third kappa shape index (κ3) is 18.4. The van der Waals surface area contributed by atoms with Gasteiger partial charge in [-0.25, -0.2) is 64.4 Å². The van der Waals surface area contributed by atoms with Crippen LogP contribution < -0.4 is 83.1 Å². The number of hydrogen-bond donors (Lipinski definition) is 0. The predicted molar refractivity (Wildman–Crippen MR) is 520 cm³/mol. The maximum Gasteiger partial charge on any atom is 2.00 e. The van der Waals surface area contributed by atoms with E-state index in [0.717, 1.165) is 105 Å². The molecule has 24 heteroatoms. The summed E-state index contributed by atoms with van der Waals surface area (Å²) in [7, 11) is -13.2. The molecule has 20 aromatic rings. The minimum Gasteiger partial charge on any atom is -0.460 e. The Morgan fingerprint density at radius 2 is 0.485 bits per heavy atom. The fourth-order valence-corrected chi connectivity index (χ4v) is 27.8. The molecule has 0 fully saturated rings. The van der Waals surface area contributed by atoms with Gasteiger partial charge in [0.15, 0.2) is 28.6 Å². The van der Waals surface area contributed by atoms with E-state index in [1.807, 2.05) is 267 Å². The summed E-state index contributed by atoms with van der Waals surface area (Å²) >= 11 is 0. The number of rotatable bonds is 16. The number of fused-ring (bicyclic) bond motifs is 12. The normalized spacial score (nSPS) is 16.1. The van der Waals surface area contributed by atoms with Gasteiger partial charge >= 0.3 is 84.3 Å². The Hall–Kier alpha value is -13.3. The molecule has 4 unspecified atom stereocenters. The molecule has 8 aromatic heterocycles. The van der Waals surface area contributed by atoms with E-state index in [-0.39, 0.29) is 114 Å². The second-order valence-electron chi connectivity index (χ2n) is 30.3. The zero-order valence-corrected chi connectivity index (χ0v) is 83.5. The Morgan fingerprint density at radius 1 is 0.206 bits per heavy atom. The smallest absolute Gasteiger partial charge is 0.460 e. The Balaban J connectivity index is 0.000000128. The quantitative estimate of drug-likeness (QED) is 0.0651. The predicted octanol–water partition coefficient (Wildman–Crippen LogP) is 20.6. The zero-order valence-electron chi connectivity index (χ0n) is 74.8. The first-order valence-electron chi connectivity index (χ1n) is 43.8. The second kappa shape index (κ2) is 41.5. The molecule has 4 aliphatic rings. The van der Waals surface area contributed by atoms with Crippen LogP contribution in [-0.4, -0.2) is 39.9 Å². The third-order valence-corrected chi connectivity index (χ3v) is 34.1. The first-order valence-corrected chi connectivity index (χ1v) is 48.6. The fourth-order valence-electron chi connectivity index (χ4n) is 16.4. The minimum absolute atomic E-state index is 0. The van der Waals surface area contributed by atoms with Gasteiger partial charge in [0.1, 0.15) is 21.7 Å². The summed E-state index contributed by atoms with van der Waals surface area (Å²) in [6.45, 7) is 0. The van der Waals surface area contributed by atoms with Crippen molar-refractivity contribution in [2.75, 3.05) is 0 Å². The van der Waals surface area contributed by atoms with Gasteiger partial charge in [0.05, 0.1) is 5.48 Å². The van der Waals surface area contributed by atoms with E-state index < -0.39 is 28.6 Å². The number of hydrogen-bond acceptors (Lipinski definition) is 16. The molecule has 24 rings (SSSR count). The number of nitrogens with zero attached hydrogens (tertiary/aromatic N) is 8. The summed E-state index contributed by atoms with van der Waals surface area (Å²) in [4.78, 5) is 34.3. The fraction of sp³-hybridized carbons (Fsp3) is 0. The van der Waals surface area contributed by atoms with Crippen molar-refractivity contribution in [3.8, 4) is 136 Å². The molecule has 4 aliphatic heterocycles. The van der Waals surface area contributed by atoms with Gasteiger partial charge in [-0.15, -0.1) is 72.8 Å². The van der Waals surface area contributed by atoms with Crippen molar-refractivity contribution in [2.45, 2.75) is 0 Å². The number of aromatic nitrogens is 8. The molecule has 12 heterocycles. The van der Waals surface area contributed by atoms with Gasteiger partial charge < -0.3 is 37.2 Å². The second-order valence-corrected chi connectivity index (χ2v) is 40.7. The van der Waals surface area contributed by atoms with Crippen molar-refractivity contribution in [1.82, 2.24) is 39.9 Å². The summed E-state index contributed by atoms with van der Waals surface area (Å²) in [5, 5.41) is 5.31. The van der Waals surface area contributed by atoms with Crippen LogP contribution >= 0.6 is 28.6 Å². The van der Waals surface area contributed by atoms with Crippen LogP contribution in [0.3, 0.4) is 0 Å². The largest absolute Gasteiger partial charge is 2.00 e. The van der Waals surface area contributed by atoms with Crippen LogP contribution in [0.1, 0.15) is 5.48 Å². The molecule has 0 N–H and O–H groups in total. The van der Waals surface area contributed by atoms with E-state index in [4.69, 9.17) is 24.4 Å². The van der Waals surface area contributed by atoms with Gasteiger partial charge in [-0.1, -0.05) is 189 Å². The Kier molecular flexibility index (Phi) is 27.2. The standard InChI is InChI=1S/4C28H17N2O2P.4Pt/c4*31-33(28-13-4-6-17-30-28)25-11-2-1-10-23(25)24-15-14-21(19-26(24)33)20-8-7-9-22(18-20)32-27-12-3-5-16-29-27;;;;/h4*1-17H;;;;/q4*-2;4*+2/i17D;13D;6D;4D;;;;. The summed E-state index contributed by atoms with van der Waals surface area (Å²) in [5.41, 5.74) is 14.7. The van der Waals surface area contributed by atoms with Gasteiger partial charge in [-0.3, -0.25) is 19.9 Å². The molecular formula is C112H68N8O8P4Pt4. The van der Waals surface area contributed by atoms with Gasteiger partial charge in [0.25, 0.3) is 0 Å². The first kappa shape index (κ1) is 89.3. The van der Waals surface area contributed by atoms with Crippen LogP contribution in [0.15, 0.2) is 413 Å². The maximum atomic E-state index is 14.7. The molecule has 16 nitrogen and oxygen atoms in total. The molecule has 0 saturated heterocycles. The van der Waals surface area contributed by atoms with Crippen LogP contribution in [0, 0.1) is 48.5 Å². The molecule has 4 atom stereocenters. The van der Waals surface area contributed by atoms with Gasteiger partial charge in [-0.05, 0) is 95.0 Å². The van der Waals surface area contributed by atoms with E-state index in [1.165, 1.54) is 12.4 Å². The molecule has 0 amide bonds. The van der Waals surface area contributed by atoms with Crippen molar-refractivity contribution < 1.29 is 127 Å². The zero-order chi connectivity index (χ0) is 92.5. The topological polar surface area (TPSA) is 208 Å². The van der Waals surface area contributed by atoms with Crippen LogP contribution in [-0.2, 0) is 103 Å². The summed E-state index contributed by atoms with van der Waals surface area (Å²) in [6.07, 6.45) is 11.3. The minimum atomic E-state index is -3.36. The number of benzene rings is 12. The molecule has 0 spiro atoms. The van der Waals surface area contributed by atoms with Crippen LogP contribution in [0.5, 0.6) is 46.5 Å². The van der Waals surface area contributed by atoms with Crippen molar-refractivity contribution in [3.63, 3.8) is 0 Å². The van der Waals surface area contributed by atoms with Crippen molar-refractivity contribution >= 4 is 92.7 Å². The molecule has 0 radical (unpaired) electrons. The molecular weight excluding hydrogens is 2490 g/mol. The van der Waals surface area contributed by atoms with Crippen LogP contribution in [0.4, 0.5) is 0 Å². The molecule has 0 aliphatic carbocycles. The van der Waals surface area contributed by atoms with Crippen molar-refractivity contribution in [1.29, 1.82) is 0 Å². The molecule has 664 valence electrons. The Morgan fingerprint density at radius 3 is 0.809 bits per heavy atom. The van der Waals surface area contributed by atoms with Crippen molar-refractivity contribution in [2.24, 2.45) is 0 Å². The van der Waals surface area contributed by atoms with E-state index in [2.05, 4.69) is 88.4 Å². The van der Waals surface area contributed by atoms with Gasteiger partial charge in [-0.2, -0.15) is 97.1 Å². The van der Waals surface area contributed by atoms with Gasteiger partial charge in [0.2, 0.25) is 23.5 Å². The van der Waals surface area contributed by atoms with E-state index >= 15 is 0 Å². The van der Waals surface area contributed by atoms with Gasteiger partial charge in [0, 0.05) is 118 Å². The molecule has 0 saturated carbocycles. The van der Waals surface area contributed by atoms with Crippen molar-refractivity contribution in [3.05, 3.63) is 462 Å². The van der Waals surface area contributed by atoms with E-state index in [0.29, 0.717) is 89.3 Å². The van der Waals surface area contributed by atoms with Crippen LogP contribution in [0.25, 0.3) is 89.0 Å². The molecule has 136 heavy (non-hydrogen) atoms.